The minimum atomic E-state index is -4.47. The smallest absolute Gasteiger partial charge is 0.368 e. The number of hydrogen-bond donors (Lipinski definition) is 1. The Bertz CT molecular complexity index is 465. The Labute approximate surface area is 115 Å². The van der Waals surface area contributed by atoms with E-state index in [0.717, 1.165) is 45.4 Å². The molecule has 1 aromatic rings. The highest BCUT2D eigenvalue weighted by Gasteiger charge is 2.39. The molecule has 0 amide bonds. The summed E-state index contributed by atoms with van der Waals surface area (Å²) in [5, 5.41) is 3.35. The largest absolute Gasteiger partial charge is 0.451 e. The quantitative estimate of drug-likeness (QED) is 0.858. The molecule has 20 heavy (non-hydrogen) atoms. The van der Waals surface area contributed by atoms with Crippen LogP contribution in [0.5, 0.6) is 0 Å². The van der Waals surface area contributed by atoms with Gasteiger partial charge in [-0.25, -0.2) is 9.97 Å². The van der Waals surface area contributed by atoms with Crippen molar-refractivity contribution in [3.63, 3.8) is 0 Å². The van der Waals surface area contributed by atoms with Gasteiger partial charge in [0, 0.05) is 13.1 Å². The van der Waals surface area contributed by atoms with Crippen molar-refractivity contribution in [1.29, 1.82) is 0 Å². The molecule has 2 saturated heterocycles. The van der Waals surface area contributed by atoms with Crippen LogP contribution >= 0.6 is 0 Å². The number of halogens is 3. The van der Waals surface area contributed by atoms with Crippen molar-refractivity contribution < 1.29 is 13.2 Å². The zero-order valence-corrected chi connectivity index (χ0v) is 11.1. The number of piperidine rings is 1. The summed E-state index contributed by atoms with van der Waals surface area (Å²) in [6, 6.07) is 0. The molecular weight excluding hydrogens is 269 g/mol. The maximum Gasteiger partial charge on any atom is 0.451 e. The molecule has 3 heterocycles. The molecule has 0 unspecified atom stereocenters. The normalized spacial score (nSPS) is 22.4. The van der Waals surface area contributed by atoms with Gasteiger partial charge >= 0.3 is 6.18 Å². The molecule has 7 heteroatoms. The number of hydrogen-bond acceptors (Lipinski definition) is 4. The number of rotatable bonds is 1. The van der Waals surface area contributed by atoms with E-state index in [1.807, 2.05) is 0 Å². The number of nitrogens with zero attached hydrogens (tertiary/aromatic N) is 3. The van der Waals surface area contributed by atoms with E-state index in [9.17, 15) is 13.2 Å². The van der Waals surface area contributed by atoms with E-state index in [4.69, 9.17) is 0 Å². The summed E-state index contributed by atoms with van der Waals surface area (Å²) in [6.45, 7) is 3.81. The molecule has 1 N–H and O–H groups in total. The Hall–Kier alpha value is -1.37. The van der Waals surface area contributed by atoms with Crippen molar-refractivity contribution in [3.8, 4) is 0 Å². The topological polar surface area (TPSA) is 41.1 Å². The molecule has 110 valence electrons. The molecule has 0 aromatic carbocycles. The molecule has 2 fully saturated rings. The van der Waals surface area contributed by atoms with Gasteiger partial charge in [-0.2, -0.15) is 13.2 Å². The van der Waals surface area contributed by atoms with Crippen molar-refractivity contribution in [2.24, 2.45) is 5.41 Å². The summed E-state index contributed by atoms with van der Waals surface area (Å²) in [5.41, 5.74) is 1.00. The average molecular weight is 286 g/mol. The maximum atomic E-state index is 12.4. The molecule has 0 aliphatic carbocycles. The minimum Gasteiger partial charge on any atom is -0.368 e. The van der Waals surface area contributed by atoms with Gasteiger partial charge < -0.3 is 10.2 Å². The fourth-order valence-electron chi connectivity index (χ4n) is 3.15. The fourth-order valence-corrected chi connectivity index (χ4v) is 3.15. The third kappa shape index (κ3) is 2.59. The van der Waals surface area contributed by atoms with Crippen LogP contribution in [-0.4, -0.2) is 36.1 Å². The monoisotopic (exact) mass is 286 g/mol. The van der Waals surface area contributed by atoms with Gasteiger partial charge in [-0.3, -0.25) is 0 Å². The van der Waals surface area contributed by atoms with Gasteiger partial charge in [0.05, 0.1) is 18.1 Å². The summed E-state index contributed by atoms with van der Waals surface area (Å²) in [6.07, 6.45) is 1.46. The van der Waals surface area contributed by atoms with Crippen LogP contribution in [-0.2, 0) is 6.18 Å². The van der Waals surface area contributed by atoms with E-state index in [0.29, 0.717) is 11.1 Å². The summed E-state index contributed by atoms with van der Waals surface area (Å²) in [5.74, 6) is -1.07. The fraction of sp³-hybridized carbons (Fsp3) is 0.692. The molecule has 0 atom stereocenters. The number of anilines is 1. The van der Waals surface area contributed by atoms with Crippen molar-refractivity contribution in [2.75, 3.05) is 31.1 Å². The summed E-state index contributed by atoms with van der Waals surface area (Å²) >= 11 is 0. The molecule has 2 aliphatic rings. The lowest BCUT2D eigenvalue weighted by atomic mass is 9.78. The summed E-state index contributed by atoms with van der Waals surface area (Å²) in [7, 11) is 0. The first-order chi connectivity index (χ1) is 9.49. The molecule has 1 aromatic heterocycles. The second kappa shape index (κ2) is 4.87. The molecular formula is C13H17F3N4. The first-order valence-electron chi connectivity index (χ1n) is 6.84. The highest BCUT2D eigenvalue weighted by molar-refractivity contribution is 5.44. The van der Waals surface area contributed by atoms with Crippen LogP contribution in [0.2, 0.25) is 0 Å². The van der Waals surface area contributed by atoms with Gasteiger partial charge in [-0.15, -0.1) is 0 Å². The van der Waals surface area contributed by atoms with Gasteiger partial charge in [-0.05, 0) is 37.8 Å². The van der Waals surface area contributed by atoms with Crippen molar-refractivity contribution in [1.82, 2.24) is 15.3 Å². The first-order valence-corrected chi connectivity index (χ1v) is 6.84. The van der Waals surface area contributed by atoms with Gasteiger partial charge in [0.1, 0.15) is 0 Å². The Morgan fingerprint density at radius 1 is 1.10 bits per heavy atom. The zero-order chi connectivity index (χ0) is 14.2. The molecule has 1 spiro atoms. The van der Waals surface area contributed by atoms with Gasteiger partial charge in [-0.1, -0.05) is 0 Å². The van der Waals surface area contributed by atoms with Crippen LogP contribution in [0, 0.1) is 5.41 Å². The number of aromatic nitrogens is 2. The average Bonchev–Trinajstić information content (AvgIpc) is 2.83. The third-order valence-corrected chi connectivity index (χ3v) is 4.36. The standard InChI is InChI=1S/C13H17F3N4/c14-13(15,16)11-18-7-10(8-19-11)20-6-3-12(9-20)1-4-17-5-2-12/h7-8,17H,1-6,9H2. The Morgan fingerprint density at radius 2 is 1.75 bits per heavy atom. The van der Waals surface area contributed by atoms with Crippen molar-refractivity contribution in [3.05, 3.63) is 18.2 Å². The highest BCUT2D eigenvalue weighted by Crippen LogP contribution is 2.40. The lowest BCUT2D eigenvalue weighted by Gasteiger charge is -2.33. The second-order valence-corrected chi connectivity index (χ2v) is 5.68. The molecule has 0 saturated carbocycles. The lowest BCUT2D eigenvalue weighted by molar-refractivity contribution is -0.144. The van der Waals surface area contributed by atoms with E-state index in [-0.39, 0.29) is 0 Å². The Kier molecular flexibility index (Phi) is 3.32. The summed E-state index contributed by atoms with van der Waals surface area (Å²) in [4.78, 5) is 8.98. The van der Waals surface area contributed by atoms with Gasteiger partial charge in [0.15, 0.2) is 0 Å². The third-order valence-electron chi connectivity index (χ3n) is 4.36. The van der Waals surface area contributed by atoms with Crippen molar-refractivity contribution in [2.45, 2.75) is 25.4 Å². The SMILES string of the molecule is FC(F)(F)c1ncc(N2CCC3(CCNCC3)C2)cn1. The van der Waals surface area contributed by atoms with E-state index >= 15 is 0 Å². The predicted octanol–water partition coefficient (Wildman–Crippen LogP) is 2.08. The van der Waals surface area contributed by atoms with Crippen LogP contribution in [0.15, 0.2) is 12.4 Å². The minimum absolute atomic E-state index is 0.313. The second-order valence-electron chi connectivity index (χ2n) is 5.68. The van der Waals surface area contributed by atoms with E-state index in [1.165, 1.54) is 12.4 Å². The van der Waals surface area contributed by atoms with Gasteiger partial charge in [0.25, 0.3) is 0 Å². The lowest BCUT2D eigenvalue weighted by Crippen LogP contribution is -2.38. The van der Waals surface area contributed by atoms with E-state index in [1.54, 1.807) is 0 Å². The van der Waals surface area contributed by atoms with E-state index < -0.39 is 12.0 Å². The summed E-state index contributed by atoms with van der Waals surface area (Å²) < 4.78 is 37.3. The van der Waals surface area contributed by atoms with Crippen LogP contribution < -0.4 is 10.2 Å². The molecule has 4 nitrogen and oxygen atoms in total. The number of alkyl halides is 3. The number of nitrogens with one attached hydrogen (secondary N) is 1. The molecule has 2 aliphatic heterocycles. The van der Waals surface area contributed by atoms with Gasteiger partial charge in [0.2, 0.25) is 5.82 Å². The molecule has 0 radical (unpaired) electrons. The Morgan fingerprint density at radius 3 is 2.35 bits per heavy atom. The Balaban J connectivity index is 1.71. The van der Waals surface area contributed by atoms with Crippen molar-refractivity contribution >= 4 is 5.69 Å². The van der Waals surface area contributed by atoms with Crippen LogP contribution in [0.1, 0.15) is 25.1 Å². The van der Waals surface area contributed by atoms with Crippen LogP contribution in [0.3, 0.4) is 0 Å². The first kappa shape index (κ1) is 13.6. The van der Waals surface area contributed by atoms with E-state index in [2.05, 4.69) is 20.2 Å². The zero-order valence-electron chi connectivity index (χ0n) is 11.1. The van der Waals surface area contributed by atoms with Crippen LogP contribution in [0.25, 0.3) is 0 Å². The highest BCUT2D eigenvalue weighted by atomic mass is 19.4. The molecule has 3 rings (SSSR count). The predicted molar refractivity (Wildman–Crippen MR) is 68.4 cm³/mol. The maximum absolute atomic E-state index is 12.4. The molecule has 0 bridgehead atoms. The van der Waals surface area contributed by atoms with Crippen LogP contribution in [0.4, 0.5) is 18.9 Å².